The lowest BCUT2D eigenvalue weighted by molar-refractivity contribution is -0.141. The number of fused-ring (bicyclic) bond motifs is 2. The third-order valence-corrected chi connectivity index (χ3v) is 8.83. The van der Waals surface area contributed by atoms with E-state index in [0.29, 0.717) is 54.0 Å². The summed E-state index contributed by atoms with van der Waals surface area (Å²) in [6, 6.07) is 16.3. The molecule has 8 nitrogen and oxygen atoms in total. The third-order valence-electron chi connectivity index (χ3n) is 8.55. The molecule has 9 heteroatoms. The highest BCUT2D eigenvalue weighted by Crippen LogP contribution is 2.38. The van der Waals surface area contributed by atoms with Crippen LogP contribution >= 0.6 is 11.6 Å². The molecular weight excluding hydrogens is 552 g/mol. The number of oxazole rings is 2. The number of hydrogen-bond acceptors (Lipinski definition) is 7. The molecule has 0 radical (unpaired) electrons. The minimum absolute atomic E-state index is 0.319. The molecule has 2 N–H and O–H groups in total. The van der Waals surface area contributed by atoms with E-state index >= 15 is 0 Å². The monoisotopic (exact) mass is 582 g/mol. The summed E-state index contributed by atoms with van der Waals surface area (Å²) >= 11 is 6.66. The number of carbonyl (C=O) groups is 1. The van der Waals surface area contributed by atoms with Gasteiger partial charge in [-0.15, -0.1) is 0 Å². The molecule has 1 saturated heterocycles. The van der Waals surface area contributed by atoms with Crippen LogP contribution in [0.15, 0.2) is 57.4 Å². The van der Waals surface area contributed by atoms with Gasteiger partial charge in [-0.3, -0.25) is 9.69 Å². The third kappa shape index (κ3) is 4.79. The van der Waals surface area contributed by atoms with Gasteiger partial charge in [-0.2, -0.15) is 0 Å². The van der Waals surface area contributed by atoms with Crippen molar-refractivity contribution in [3.05, 3.63) is 81.7 Å². The average Bonchev–Trinajstić information content (AvgIpc) is 3.72. The van der Waals surface area contributed by atoms with Crippen molar-refractivity contribution in [3.63, 3.8) is 0 Å². The number of aliphatic carboxylic acids is 1. The van der Waals surface area contributed by atoms with Gasteiger partial charge in [0, 0.05) is 37.2 Å². The van der Waals surface area contributed by atoms with Gasteiger partial charge in [-0.1, -0.05) is 35.9 Å². The van der Waals surface area contributed by atoms with Gasteiger partial charge in [0.05, 0.1) is 23.2 Å². The number of nitrogens with zero attached hydrogens (tertiary/aromatic N) is 3. The Labute approximate surface area is 248 Å². The summed E-state index contributed by atoms with van der Waals surface area (Å²) in [4.78, 5) is 23.2. The van der Waals surface area contributed by atoms with Crippen molar-refractivity contribution in [2.75, 3.05) is 19.6 Å². The number of carboxylic acid groups (broad SMARTS) is 1. The molecule has 2 aliphatic heterocycles. The first-order valence-electron chi connectivity index (χ1n) is 14.3. The Morgan fingerprint density at radius 3 is 2.38 bits per heavy atom. The smallest absolute Gasteiger partial charge is 0.307 e. The first kappa shape index (κ1) is 26.9. The Balaban J connectivity index is 1.21. The number of nitrogens with one attached hydrogen (secondary N) is 1. The number of halogens is 1. The molecule has 0 spiro atoms. The maximum Gasteiger partial charge on any atom is 0.307 e. The molecule has 214 valence electrons. The fourth-order valence-electron chi connectivity index (χ4n) is 6.25. The summed E-state index contributed by atoms with van der Waals surface area (Å²) in [6.07, 6.45) is 1.53. The summed E-state index contributed by atoms with van der Waals surface area (Å²) in [5.41, 5.74) is 9.47. The van der Waals surface area contributed by atoms with E-state index in [0.717, 1.165) is 69.9 Å². The van der Waals surface area contributed by atoms with Crippen LogP contribution in [0.4, 0.5) is 0 Å². The summed E-state index contributed by atoms with van der Waals surface area (Å²) in [6.45, 7) is 7.73. The van der Waals surface area contributed by atoms with Gasteiger partial charge in [-0.25, -0.2) is 9.97 Å². The van der Waals surface area contributed by atoms with Crippen molar-refractivity contribution >= 4 is 28.7 Å². The Bertz CT molecular complexity index is 1820. The highest BCUT2D eigenvalue weighted by atomic mass is 35.5. The molecule has 1 fully saturated rings. The normalized spacial score (nSPS) is 17.2. The summed E-state index contributed by atoms with van der Waals surface area (Å²) in [5.74, 6) is 1.04. The van der Waals surface area contributed by atoms with E-state index in [1.54, 1.807) is 0 Å². The topological polar surface area (TPSA) is 105 Å². The zero-order valence-corrected chi connectivity index (χ0v) is 24.3. The fourth-order valence-corrected chi connectivity index (χ4v) is 6.52. The summed E-state index contributed by atoms with van der Waals surface area (Å²) in [5, 5.41) is 13.2. The zero-order valence-electron chi connectivity index (χ0n) is 23.5. The molecule has 2 aromatic heterocycles. The van der Waals surface area contributed by atoms with Gasteiger partial charge in [0.2, 0.25) is 11.8 Å². The van der Waals surface area contributed by atoms with Crippen LogP contribution in [0, 0.1) is 19.8 Å². The van der Waals surface area contributed by atoms with Crippen LogP contribution in [0.3, 0.4) is 0 Å². The van der Waals surface area contributed by atoms with Gasteiger partial charge in [-0.05, 0) is 78.9 Å². The Hall–Kier alpha value is -3.98. The van der Waals surface area contributed by atoms with Crippen molar-refractivity contribution in [2.24, 2.45) is 5.92 Å². The lowest BCUT2D eigenvalue weighted by Crippen LogP contribution is -2.22. The van der Waals surface area contributed by atoms with E-state index in [1.807, 2.05) is 30.3 Å². The molecule has 0 bridgehead atoms. The molecule has 0 amide bonds. The SMILES string of the molecule is Cc1c(-c2nc3c(o2)CNCC3)cccc1-c1cccc(-c2nc3cc(CN4CC[C@@H](C(=O)O)C4)cc(Cl)c3o2)c1C. The van der Waals surface area contributed by atoms with E-state index in [-0.39, 0.29) is 5.92 Å². The van der Waals surface area contributed by atoms with Crippen molar-refractivity contribution in [3.8, 4) is 34.0 Å². The molecule has 4 heterocycles. The van der Waals surface area contributed by atoms with Crippen LogP contribution < -0.4 is 5.32 Å². The van der Waals surface area contributed by atoms with E-state index in [4.69, 9.17) is 30.4 Å². The second kappa shape index (κ2) is 10.7. The first-order valence-corrected chi connectivity index (χ1v) is 14.7. The standard InChI is InChI=1S/C33H31ClN4O4/c1-18-22(5-3-7-24(18)31-36-27-9-11-35-15-29(27)41-31)23-6-4-8-25(19(23)2)32-37-28-14-20(13-26(34)30(28)42-32)16-38-12-10-21(17-38)33(39)40/h3-8,13-14,21,35H,9-12,15-17H2,1-2H3,(H,39,40)/t21-/m1/s1. The van der Waals surface area contributed by atoms with Crippen molar-refractivity contribution in [1.82, 2.24) is 20.2 Å². The van der Waals surface area contributed by atoms with Crippen LogP contribution in [0.25, 0.3) is 45.1 Å². The van der Waals surface area contributed by atoms with Crippen LogP contribution in [0.5, 0.6) is 0 Å². The van der Waals surface area contributed by atoms with Crippen molar-refractivity contribution in [1.29, 1.82) is 0 Å². The van der Waals surface area contributed by atoms with E-state index in [1.165, 1.54) is 0 Å². The van der Waals surface area contributed by atoms with Crippen molar-refractivity contribution in [2.45, 2.75) is 39.8 Å². The van der Waals surface area contributed by atoms with Gasteiger partial charge in [0.1, 0.15) is 11.3 Å². The Kier molecular flexibility index (Phi) is 6.85. The average molecular weight is 583 g/mol. The van der Waals surface area contributed by atoms with Crippen LogP contribution in [0.1, 0.15) is 34.6 Å². The molecule has 2 aliphatic rings. The molecule has 1 atom stereocenters. The molecule has 0 aliphatic carbocycles. The lowest BCUT2D eigenvalue weighted by atomic mass is 9.91. The van der Waals surface area contributed by atoms with E-state index in [9.17, 15) is 9.90 Å². The number of benzene rings is 3. The van der Waals surface area contributed by atoms with Crippen molar-refractivity contribution < 1.29 is 18.7 Å². The minimum atomic E-state index is -0.736. The number of likely N-dealkylation sites (tertiary alicyclic amines) is 1. The number of rotatable bonds is 6. The minimum Gasteiger partial charge on any atom is -0.481 e. The van der Waals surface area contributed by atoms with Crippen LogP contribution in [-0.2, 0) is 24.3 Å². The van der Waals surface area contributed by atoms with Crippen LogP contribution in [0.2, 0.25) is 5.02 Å². The second-order valence-corrected chi connectivity index (χ2v) is 11.7. The Morgan fingerprint density at radius 2 is 1.71 bits per heavy atom. The number of aromatic nitrogens is 2. The molecule has 42 heavy (non-hydrogen) atoms. The van der Waals surface area contributed by atoms with Crippen LogP contribution in [-0.4, -0.2) is 45.6 Å². The van der Waals surface area contributed by atoms with Gasteiger partial charge in [0.25, 0.3) is 0 Å². The lowest BCUT2D eigenvalue weighted by Gasteiger charge is -2.15. The first-order chi connectivity index (χ1) is 20.4. The molecule has 7 rings (SSSR count). The molecule has 0 unspecified atom stereocenters. The zero-order chi connectivity index (χ0) is 29.0. The quantitative estimate of drug-likeness (QED) is 0.230. The van der Waals surface area contributed by atoms with E-state index < -0.39 is 5.97 Å². The molecule has 3 aromatic carbocycles. The summed E-state index contributed by atoms with van der Waals surface area (Å²) in [7, 11) is 0. The predicted molar refractivity (Wildman–Crippen MR) is 161 cm³/mol. The Morgan fingerprint density at radius 1 is 1.02 bits per heavy atom. The van der Waals surface area contributed by atoms with Gasteiger partial charge in [0.15, 0.2) is 5.58 Å². The number of hydrogen-bond donors (Lipinski definition) is 2. The largest absolute Gasteiger partial charge is 0.481 e. The molecular formula is C33H31ClN4O4. The molecule has 0 saturated carbocycles. The molecule has 5 aromatic rings. The fraction of sp³-hybridized carbons (Fsp3) is 0.303. The number of carboxylic acids is 1. The predicted octanol–water partition coefficient (Wildman–Crippen LogP) is 6.64. The highest BCUT2D eigenvalue weighted by Gasteiger charge is 2.28. The summed E-state index contributed by atoms with van der Waals surface area (Å²) < 4.78 is 12.4. The van der Waals surface area contributed by atoms with Gasteiger partial charge < -0.3 is 19.3 Å². The van der Waals surface area contributed by atoms with E-state index in [2.05, 4.69) is 42.3 Å². The maximum atomic E-state index is 11.4. The maximum absolute atomic E-state index is 11.4. The second-order valence-electron chi connectivity index (χ2n) is 11.3. The highest BCUT2D eigenvalue weighted by molar-refractivity contribution is 6.34. The van der Waals surface area contributed by atoms with Gasteiger partial charge >= 0.3 is 5.97 Å².